The van der Waals surface area contributed by atoms with Crippen LogP contribution in [0.5, 0.6) is 5.75 Å². The number of amides is 1. The highest BCUT2D eigenvalue weighted by molar-refractivity contribution is 5.85. The van der Waals surface area contributed by atoms with Gasteiger partial charge in [0, 0.05) is 24.9 Å². The SMILES string of the molecule is COC(=O)CCCOc1ccc(CNC(=O)[C@H]2CCN[C@@H](C)C2)cc1.Cl. The number of piperidine rings is 1. The molecule has 2 atom stereocenters. The number of nitrogens with one attached hydrogen (secondary N) is 2. The Kier molecular flexibility index (Phi) is 10.1. The van der Waals surface area contributed by atoms with Crippen LogP contribution in [0.1, 0.15) is 38.2 Å². The molecule has 0 saturated carbocycles. The third kappa shape index (κ3) is 7.62. The van der Waals surface area contributed by atoms with Crippen LogP contribution in [0.25, 0.3) is 0 Å². The number of hydrogen-bond donors (Lipinski definition) is 2. The summed E-state index contributed by atoms with van der Waals surface area (Å²) < 4.78 is 10.2. The molecule has 1 saturated heterocycles. The largest absolute Gasteiger partial charge is 0.494 e. The zero-order chi connectivity index (χ0) is 18.1. The molecular weight excluding hydrogens is 356 g/mol. The molecule has 1 amide bonds. The lowest BCUT2D eigenvalue weighted by Gasteiger charge is -2.27. The summed E-state index contributed by atoms with van der Waals surface area (Å²) in [6, 6.07) is 8.06. The number of hydrogen-bond acceptors (Lipinski definition) is 5. The summed E-state index contributed by atoms with van der Waals surface area (Å²) in [5, 5.41) is 6.38. The van der Waals surface area contributed by atoms with Crippen molar-refractivity contribution in [3.05, 3.63) is 29.8 Å². The fourth-order valence-electron chi connectivity index (χ4n) is 2.92. The predicted octanol–water partition coefficient (Wildman–Crippen LogP) is 2.44. The molecule has 1 aliphatic heterocycles. The highest BCUT2D eigenvalue weighted by Crippen LogP contribution is 2.17. The molecule has 0 aromatic heterocycles. The summed E-state index contributed by atoms with van der Waals surface area (Å²) in [7, 11) is 1.38. The van der Waals surface area contributed by atoms with E-state index < -0.39 is 0 Å². The molecule has 6 nitrogen and oxygen atoms in total. The molecule has 1 aliphatic rings. The Bertz CT molecular complexity index is 565. The average Bonchev–Trinajstić information content (AvgIpc) is 2.64. The lowest BCUT2D eigenvalue weighted by molar-refractivity contribution is -0.140. The van der Waals surface area contributed by atoms with Crippen LogP contribution >= 0.6 is 12.4 Å². The first-order valence-corrected chi connectivity index (χ1v) is 8.88. The van der Waals surface area contributed by atoms with Crippen LogP contribution in [-0.4, -0.2) is 38.2 Å². The number of halogens is 1. The Balaban J connectivity index is 0.00000338. The molecule has 2 rings (SSSR count). The number of esters is 1. The van der Waals surface area contributed by atoms with Gasteiger partial charge in [-0.25, -0.2) is 0 Å². The second kappa shape index (κ2) is 11.8. The lowest BCUT2D eigenvalue weighted by Crippen LogP contribution is -2.42. The number of rotatable bonds is 8. The highest BCUT2D eigenvalue weighted by atomic mass is 35.5. The van der Waals surface area contributed by atoms with Crippen molar-refractivity contribution in [1.29, 1.82) is 0 Å². The van der Waals surface area contributed by atoms with Gasteiger partial charge in [0.2, 0.25) is 5.91 Å². The maximum Gasteiger partial charge on any atom is 0.305 e. The van der Waals surface area contributed by atoms with E-state index in [0.29, 0.717) is 32.0 Å². The maximum atomic E-state index is 12.2. The van der Waals surface area contributed by atoms with Crippen molar-refractivity contribution in [3.63, 3.8) is 0 Å². The van der Waals surface area contributed by atoms with Crippen LogP contribution in [0, 0.1) is 5.92 Å². The normalized spacial score (nSPS) is 19.2. The molecule has 7 heteroatoms. The molecule has 0 radical (unpaired) electrons. The van der Waals surface area contributed by atoms with Gasteiger partial charge in [-0.1, -0.05) is 12.1 Å². The van der Waals surface area contributed by atoms with Gasteiger partial charge in [0.1, 0.15) is 5.75 Å². The molecule has 0 unspecified atom stereocenters. The molecule has 0 aliphatic carbocycles. The Morgan fingerprint density at radius 1 is 1.27 bits per heavy atom. The van der Waals surface area contributed by atoms with Crippen molar-refractivity contribution < 1.29 is 19.1 Å². The molecule has 26 heavy (non-hydrogen) atoms. The van der Waals surface area contributed by atoms with Crippen molar-refractivity contribution in [2.75, 3.05) is 20.3 Å². The van der Waals surface area contributed by atoms with Crippen LogP contribution in [0.4, 0.5) is 0 Å². The van der Waals surface area contributed by atoms with Gasteiger partial charge in [0.15, 0.2) is 0 Å². The van der Waals surface area contributed by atoms with E-state index in [4.69, 9.17) is 4.74 Å². The fraction of sp³-hybridized carbons (Fsp3) is 0.579. The number of ether oxygens (including phenoxy) is 2. The molecule has 1 aromatic rings. The van der Waals surface area contributed by atoms with Gasteiger partial charge in [0.25, 0.3) is 0 Å². The summed E-state index contributed by atoms with van der Waals surface area (Å²) in [5.41, 5.74) is 1.04. The number of benzene rings is 1. The van der Waals surface area contributed by atoms with Gasteiger partial charge in [0.05, 0.1) is 13.7 Å². The lowest BCUT2D eigenvalue weighted by atomic mass is 9.92. The van der Waals surface area contributed by atoms with Gasteiger partial charge in [-0.2, -0.15) is 0 Å². The van der Waals surface area contributed by atoms with Crippen LogP contribution in [0.2, 0.25) is 0 Å². The van der Waals surface area contributed by atoms with Crippen molar-refractivity contribution in [2.24, 2.45) is 5.92 Å². The zero-order valence-corrected chi connectivity index (χ0v) is 16.3. The van der Waals surface area contributed by atoms with E-state index in [-0.39, 0.29) is 30.2 Å². The van der Waals surface area contributed by atoms with Crippen LogP contribution in [-0.2, 0) is 20.9 Å². The van der Waals surface area contributed by atoms with E-state index in [1.165, 1.54) is 7.11 Å². The number of carbonyl (C=O) groups is 2. The number of carbonyl (C=O) groups excluding carboxylic acids is 2. The van der Waals surface area contributed by atoms with Gasteiger partial charge in [-0.05, 0) is 50.4 Å². The monoisotopic (exact) mass is 384 g/mol. The summed E-state index contributed by atoms with van der Waals surface area (Å²) in [6.45, 7) is 4.02. The highest BCUT2D eigenvalue weighted by Gasteiger charge is 2.24. The minimum Gasteiger partial charge on any atom is -0.494 e. The summed E-state index contributed by atoms with van der Waals surface area (Å²) in [5.74, 6) is 0.773. The van der Waals surface area contributed by atoms with Gasteiger partial charge < -0.3 is 20.1 Å². The summed E-state index contributed by atoms with van der Waals surface area (Å²) in [6.07, 6.45) is 2.77. The van der Waals surface area contributed by atoms with Crippen LogP contribution in [0.15, 0.2) is 24.3 Å². The molecule has 0 spiro atoms. The molecule has 1 fully saturated rings. The first-order valence-electron chi connectivity index (χ1n) is 8.88. The zero-order valence-electron chi connectivity index (χ0n) is 15.5. The summed E-state index contributed by atoms with van der Waals surface area (Å²) in [4.78, 5) is 23.2. The minimum absolute atomic E-state index is 0. The van der Waals surface area contributed by atoms with E-state index in [1.807, 2.05) is 24.3 Å². The summed E-state index contributed by atoms with van der Waals surface area (Å²) >= 11 is 0. The first kappa shape index (κ1) is 22.3. The van der Waals surface area contributed by atoms with Crippen LogP contribution < -0.4 is 15.4 Å². The Morgan fingerprint density at radius 2 is 2.00 bits per heavy atom. The second-order valence-corrected chi connectivity index (χ2v) is 6.47. The van der Waals surface area contributed by atoms with Gasteiger partial charge >= 0.3 is 5.97 Å². The fourth-order valence-corrected chi connectivity index (χ4v) is 2.92. The van der Waals surface area contributed by atoms with E-state index in [2.05, 4.69) is 22.3 Å². The molecule has 2 N–H and O–H groups in total. The quantitative estimate of drug-likeness (QED) is 0.531. The molecule has 0 bridgehead atoms. The van der Waals surface area contributed by atoms with Crippen molar-refractivity contribution >= 4 is 24.3 Å². The van der Waals surface area contributed by atoms with Crippen LogP contribution in [0.3, 0.4) is 0 Å². The van der Waals surface area contributed by atoms with Gasteiger partial charge in [-0.3, -0.25) is 9.59 Å². The third-order valence-electron chi connectivity index (χ3n) is 4.41. The van der Waals surface area contributed by atoms with Gasteiger partial charge in [-0.15, -0.1) is 12.4 Å². The van der Waals surface area contributed by atoms with E-state index in [1.54, 1.807) is 0 Å². The molecule has 1 aromatic carbocycles. The molecule has 1 heterocycles. The van der Waals surface area contributed by atoms with Crippen molar-refractivity contribution in [1.82, 2.24) is 10.6 Å². The first-order chi connectivity index (χ1) is 12.1. The number of methoxy groups -OCH3 is 1. The molecule has 146 valence electrons. The Hall–Kier alpha value is -1.79. The minimum atomic E-state index is -0.224. The topological polar surface area (TPSA) is 76.7 Å². The van der Waals surface area contributed by atoms with E-state index in [9.17, 15) is 9.59 Å². The Morgan fingerprint density at radius 3 is 2.65 bits per heavy atom. The third-order valence-corrected chi connectivity index (χ3v) is 4.41. The van der Waals surface area contributed by atoms with Crippen molar-refractivity contribution in [3.8, 4) is 5.75 Å². The second-order valence-electron chi connectivity index (χ2n) is 6.47. The van der Waals surface area contributed by atoms with E-state index in [0.717, 1.165) is 30.7 Å². The average molecular weight is 385 g/mol. The standard InChI is InChI=1S/C19H28N2O4.ClH/c1-14-12-16(9-10-20-14)19(23)21-13-15-5-7-17(8-6-15)25-11-3-4-18(22)24-2;/h5-8,14,16,20H,3-4,9-13H2,1-2H3,(H,21,23);1H/t14-,16-;/m0./s1. The maximum absolute atomic E-state index is 12.2. The Labute approximate surface area is 161 Å². The predicted molar refractivity (Wildman–Crippen MR) is 102 cm³/mol. The van der Waals surface area contributed by atoms with E-state index >= 15 is 0 Å². The smallest absolute Gasteiger partial charge is 0.305 e. The van der Waals surface area contributed by atoms with Crippen molar-refractivity contribution in [2.45, 2.75) is 45.2 Å². The molecular formula is C19H29ClN2O4.